The summed E-state index contributed by atoms with van der Waals surface area (Å²) in [5.74, 6) is -2.88. The van der Waals surface area contributed by atoms with Crippen molar-refractivity contribution in [2.75, 3.05) is 6.54 Å². The van der Waals surface area contributed by atoms with Crippen LogP contribution in [-0.4, -0.2) is 39.4 Å². The Morgan fingerprint density at radius 1 is 1.48 bits per heavy atom. The average molecular weight is 298 g/mol. The van der Waals surface area contributed by atoms with E-state index in [0.717, 1.165) is 17.0 Å². The van der Waals surface area contributed by atoms with E-state index >= 15 is 0 Å². The molecule has 1 atom stereocenters. The van der Waals surface area contributed by atoms with Crippen molar-refractivity contribution in [1.29, 1.82) is 0 Å². The van der Waals surface area contributed by atoms with Crippen LogP contribution in [0.5, 0.6) is 0 Å². The van der Waals surface area contributed by atoms with Crippen LogP contribution >= 0.6 is 0 Å². The van der Waals surface area contributed by atoms with E-state index in [2.05, 4.69) is 0 Å². The number of rotatable bonds is 6. The smallest absolute Gasteiger partial charge is 0.323 e. The number of amides is 1. The van der Waals surface area contributed by atoms with Gasteiger partial charge in [-0.2, -0.15) is 0 Å². The highest BCUT2D eigenvalue weighted by molar-refractivity contribution is 5.99. The zero-order chi connectivity index (χ0) is 16.2. The number of carbonyl (C=O) groups is 2. The second kappa shape index (κ2) is 6.78. The molecule has 0 bridgehead atoms. The quantitative estimate of drug-likeness (QED) is 0.640. The fourth-order valence-electron chi connectivity index (χ4n) is 1.79. The van der Waals surface area contributed by atoms with Crippen molar-refractivity contribution in [3.05, 3.63) is 39.7 Å². The van der Waals surface area contributed by atoms with Crippen LogP contribution in [-0.2, 0) is 4.79 Å². The van der Waals surface area contributed by atoms with Crippen LogP contribution < -0.4 is 0 Å². The number of halogens is 1. The molecule has 0 radical (unpaired) electrons. The molecule has 114 valence electrons. The maximum atomic E-state index is 13.1. The highest BCUT2D eigenvalue weighted by atomic mass is 19.1. The Labute approximate surface area is 120 Å². The first kappa shape index (κ1) is 16.5. The van der Waals surface area contributed by atoms with E-state index in [0.29, 0.717) is 12.5 Å². The Morgan fingerprint density at radius 2 is 2.10 bits per heavy atom. The lowest BCUT2D eigenvalue weighted by molar-refractivity contribution is -0.385. The zero-order valence-electron chi connectivity index (χ0n) is 11.6. The van der Waals surface area contributed by atoms with Crippen LogP contribution in [0.2, 0.25) is 0 Å². The lowest BCUT2D eigenvalue weighted by atomic mass is 10.1. The van der Waals surface area contributed by atoms with E-state index in [-0.39, 0.29) is 5.56 Å². The highest BCUT2D eigenvalue weighted by Gasteiger charge is 2.28. The topological polar surface area (TPSA) is 101 Å². The molecule has 1 unspecified atom stereocenters. The Bertz CT molecular complexity index is 576. The largest absolute Gasteiger partial charge is 0.480 e. The minimum absolute atomic E-state index is 0.331. The Kier molecular flexibility index (Phi) is 5.34. The van der Waals surface area contributed by atoms with Gasteiger partial charge < -0.3 is 10.0 Å². The van der Waals surface area contributed by atoms with Crippen LogP contribution in [0.15, 0.2) is 18.2 Å². The van der Waals surface area contributed by atoms with Gasteiger partial charge >= 0.3 is 5.97 Å². The normalized spacial score (nSPS) is 11.8. The third kappa shape index (κ3) is 3.98. The lowest BCUT2D eigenvalue weighted by Crippen LogP contribution is -2.42. The minimum Gasteiger partial charge on any atom is -0.480 e. The van der Waals surface area contributed by atoms with E-state index in [1.165, 1.54) is 0 Å². The third-order valence-corrected chi connectivity index (χ3v) is 3.08. The molecule has 1 aromatic carbocycles. The van der Waals surface area contributed by atoms with Crippen LogP contribution in [0.25, 0.3) is 0 Å². The second-order valence-electron chi connectivity index (χ2n) is 4.50. The van der Waals surface area contributed by atoms with Crippen molar-refractivity contribution in [2.24, 2.45) is 0 Å². The minimum atomic E-state index is -1.23. The molecular formula is C13H15FN2O5. The summed E-state index contributed by atoms with van der Waals surface area (Å²) in [5, 5.41) is 19.8. The first-order chi connectivity index (χ1) is 9.77. The zero-order valence-corrected chi connectivity index (χ0v) is 11.6. The van der Waals surface area contributed by atoms with Gasteiger partial charge in [-0.3, -0.25) is 19.7 Å². The van der Waals surface area contributed by atoms with Crippen LogP contribution in [0, 0.1) is 15.9 Å². The molecule has 7 nitrogen and oxygen atoms in total. The van der Waals surface area contributed by atoms with E-state index in [1.807, 2.05) is 0 Å². The number of carboxylic acids is 1. The van der Waals surface area contributed by atoms with Gasteiger partial charge in [0.2, 0.25) is 0 Å². The molecule has 1 N–H and O–H groups in total. The number of nitro groups is 1. The molecule has 8 heteroatoms. The van der Waals surface area contributed by atoms with Gasteiger partial charge in [0.05, 0.1) is 11.0 Å². The fraction of sp³-hybridized carbons (Fsp3) is 0.385. The molecule has 0 aliphatic rings. The molecule has 1 amide bonds. The van der Waals surface area contributed by atoms with Crippen molar-refractivity contribution in [1.82, 2.24) is 4.90 Å². The highest BCUT2D eigenvalue weighted by Crippen LogP contribution is 2.22. The lowest BCUT2D eigenvalue weighted by Gasteiger charge is -2.26. The number of nitrogens with zero attached hydrogens (tertiary/aromatic N) is 2. The predicted molar refractivity (Wildman–Crippen MR) is 71.5 cm³/mol. The van der Waals surface area contributed by atoms with Gasteiger partial charge in [-0.15, -0.1) is 0 Å². The molecule has 0 fully saturated rings. The Balaban J connectivity index is 3.26. The van der Waals surface area contributed by atoms with Crippen molar-refractivity contribution in [3.63, 3.8) is 0 Å². The summed E-state index contributed by atoms with van der Waals surface area (Å²) in [6.07, 6.45) is 0.480. The SMILES string of the molecule is CCC(C)N(CC(=O)O)C(=O)c1ccc(F)cc1[N+](=O)[O-]. The van der Waals surface area contributed by atoms with Gasteiger partial charge in [0, 0.05) is 6.04 Å². The summed E-state index contributed by atoms with van der Waals surface area (Å²) >= 11 is 0. The number of carbonyl (C=O) groups excluding carboxylic acids is 1. The van der Waals surface area contributed by atoms with Crippen LogP contribution in [0.4, 0.5) is 10.1 Å². The van der Waals surface area contributed by atoms with Gasteiger partial charge in [0.1, 0.15) is 17.9 Å². The number of benzene rings is 1. The second-order valence-corrected chi connectivity index (χ2v) is 4.50. The number of nitro benzene ring substituents is 1. The molecule has 1 rings (SSSR count). The molecule has 0 aromatic heterocycles. The molecule has 0 aliphatic carbocycles. The molecule has 0 saturated carbocycles. The van der Waals surface area contributed by atoms with Gasteiger partial charge in [-0.25, -0.2) is 4.39 Å². The first-order valence-corrected chi connectivity index (χ1v) is 6.24. The fourth-order valence-corrected chi connectivity index (χ4v) is 1.79. The molecule has 0 heterocycles. The Morgan fingerprint density at radius 3 is 2.57 bits per heavy atom. The maximum absolute atomic E-state index is 13.1. The summed E-state index contributed by atoms with van der Waals surface area (Å²) in [6, 6.07) is 2.14. The first-order valence-electron chi connectivity index (χ1n) is 6.24. The number of aliphatic carboxylic acids is 1. The summed E-state index contributed by atoms with van der Waals surface area (Å²) in [4.78, 5) is 34.3. The Hall–Kier alpha value is -2.51. The van der Waals surface area contributed by atoms with Gasteiger partial charge in [-0.05, 0) is 25.5 Å². The monoisotopic (exact) mass is 298 g/mol. The van der Waals surface area contributed by atoms with E-state index in [4.69, 9.17) is 5.11 Å². The number of hydrogen-bond acceptors (Lipinski definition) is 4. The standard InChI is InChI=1S/C13H15FN2O5/c1-3-8(2)15(7-12(17)18)13(19)10-5-4-9(14)6-11(10)16(20)21/h4-6,8H,3,7H2,1-2H3,(H,17,18). The van der Waals surface area contributed by atoms with Gasteiger partial charge in [0.15, 0.2) is 0 Å². The van der Waals surface area contributed by atoms with Crippen LogP contribution in [0.3, 0.4) is 0 Å². The van der Waals surface area contributed by atoms with Crippen molar-refractivity contribution in [3.8, 4) is 0 Å². The summed E-state index contributed by atoms with van der Waals surface area (Å²) in [5.41, 5.74) is -1.01. The third-order valence-electron chi connectivity index (χ3n) is 3.08. The number of carboxylic acid groups (broad SMARTS) is 1. The molecule has 1 aromatic rings. The molecule has 0 spiro atoms. The molecule has 0 aliphatic heterocycles. The summed E-state index contributed by atoms with van der Waals surface area (Å²) < 4.78 is 13.1. The molecule has 21 heavy (non-hydrogen) atoms. The number of hydrogen-bond donors (Lipinski definition) is 1. The van der Waals surface area contributed by atoms with E-state index < -0.39 is 40.9 Å². The van der Waals surface area contributed by atoms with Crippen molar-refractivity contribution >= 4 is 17.6 Å². The van der Waals surface area contributed by atoms with E-state index in [1.54, 1.807) is 13.8 Å². The molecule has 0 saturated heterocycles. The molecular weight excluding hydrogens is 283 g/mol. The maximum Gasteiger partial charge on any atom is 0.323 e. The summed E-state index contributed by atoms with van der Waals surface area (Å²) in [7, 11) is 0. The van der Waals surface area contributed by atoms with Crippen LogP contribution in [0.1, 0.15) is 30.6 Å². The average Bonchev–Trinajstić information content (AvgIpc) is 2.42. The van der Waals surface area contributed by atoms with Crippen molar-refractivity contribution < 1.29 is 24.0 Å². The summed E-state index contributed by atoms with van der Waals surface area (Å²) in [6.45, 7) is 2.81. The van der Waals surface area contributed by atoms with Crippen molar-refractivity contribution in [2.45, 2.75) is 26.3 Å². The van der Waals surface area contributed by atoms with E-state index in [9.17, 15) is 24.1 Å². The van der Waals surface area contributed by atoms with Gasteiger partial charge in [0.25, 0.3) is 11.6 Å². The predicted octanol–water partition coefficient (Wildman–Crippen LogP) is 2.06. The van der Waals surface area contributed by atoms with Gasteiger partial charge in [-0.1, -0.05) is 6.92 Å².